The third-order valence-corrected chi connectivity index (χ3v) is 5.77. The quantitative estimate of drug-likeness (QED) is 0.854. The molecular formula is C18H30N4. The molecule has 0 aromatic carbocycles. The van der Waals surface area contributed by atoms with E-state index in [2.05, 4.69) is 25.5 Å². The minimum atomic E-state index is 0.757. The molecule has 3 heterocycles. The van der Waals surface area contributed by atoms with Crippen LogP contribution in [0, 0.1) is 0 Å². The third-order valence-electron chi connectivity index (χ3n) is 5.77. The number of rotatable bonds is 4. The standard InChI is InChI=1S/C18H30N4/c1-2-4-11-21(10-3-1)16-7-12-20(13-8-16)15-18-19-9-14-22(18)17-5-6-17/h9,14,16-17H,1-8,10-13,15H2. The molecule has 4 rings (SSSR count). The molecule has 0 radical (unpaired) electrons. The van der Waals surface area contributed by atoms with Crippen LogP contribution in [0.25, 0.3) is 0 Å². The summed E-state index contributed by atoms with van der Waals surface area (Å²) >= 11 is 0. The summed E-state index contributed by atoms with van der Waals surface area (Å²) in [6.07, 6.45) is 15.3. The number of hydrogen-bond donors (Lipinski definition) is 0. The maximum atomic E-state index is 4.60. The first-order valence-corrected chi connectivity index (χ1v) is 9.38. The second-order valence-corrected chi connectivity index (χ2v) is 7.44. The monoisotopic (exact) mass is 302 g/mol. The van der Waals surface area contributed by atoms with E-state index < -0.39 is 0 Å². The molecule has 2 saturated heterocycles. The molecule has 0 N–H and O–H groups in total. The van der Waals surface area contributed by atoms with Gasteiger partial charge < -0.3 is 9.47 Å². The van der Waals surface area contributed by atoms with Crippen LogP contribution in [0.1, 0.15) is 63.2 Å². The lowest BCUT2D eigenvalue weighted by atomic mass is 10.0. The van der Waals surface area contributed by atoms with E-state index in [0.29, 0.717) is 0 Å². The molecule has 0 unspecified atom stereocenters. The van der Waals surface area contributed by atoms with E-state index in [1.165, 1.54) is 83.4 Å². The summed E-state index contributed by atoms with van der Waals surface area (Å²) in [5.41, 5.74) is 0. The molecule has 22 heavy (non-hydrogen) atoms. The second kappa shape index (κ2) is 6.71. The highest BCUT2D eigenvalue weighted by Crippen LogP contribution is 2.35. The van der Waals surface area contributed by atoms with E-state index in [1.54, 1.807) is 0 Å². The Bertz CT molecular complexity index is 463. The lowest BCUT2D eigenvalue weighted by molar-refractivity contribution is 0.105. The first-order valence-electron chi connectivity index (χ1n) is 9.38. The van der Waals surface area contributed by atoms with E-state index >= 15 is 0 Å². The molecule has 1 aromatic rings. The van der Waals surface area contributed by atoms with Crippen molar-refractivity contribution in [1.29, 1.82) is 0 Å². The van der Waals surface area contributed by atoms with Crippen LogP contribution in [-0.2, 0) is 6.54 Å². The summed E-state index contributed by atoms with van der Waals surface area (Å²) in [7, 11) is 0. The number of piperidine rings is 1. The number of imidazole rings is 1. The van der Waals surface area contributed by atoms with Crippen molar-refractivity contribution in [3.8, 4) is 0 Å². The van der Waals surface area contributed by atoms with Crippen LogP contribution >= 0.6 is 0 Å². The van der Waals surface area contributed by atoms with E-state index in [1.807, 2.05) is 6.20 Å². The van der Waals surface area contributed by atoms with Crippen LogP contribution in [0.2, 0.25) is 0 Å². The number of nitrogens with zero attached hydrogens (tertiary/aromatic N) is 4. The van der Waals surface area contributed by atoms with Crippen LogP contribution in [0.5, 0.6) is 0 Å². The highest BCUT2D eigenvalue weighted by atomic mass is 15.2. The van der Waals surface area contributed by atoms with Gasteiger partial charge >= 0.3 is 0 Å². The van der Waals surface area contributed by atoms with Crippen LogP contribution in [0.4, 0.5) is 0 Å². The minimum Gasteiger partial charge on any atom is -0.331 e. The van der Waals surface area contributed by atoms with E-state index in [0.717, 1.165) is 18.6 Å². The van der Waals surface area contributed by atoms with Crippen molar-refractivity contribution in [2.24, 2.45) is 0 Å². The summed E-state index contributed by atoms with van der Waals surface area (Å²) in [5.74, 6) is 1.29. The zero-order valence-corrected chi connectivity index (χ0v) is 13.8. The lowest BCUT2D eigenvalue weighted by Crippen LogP contribution is -2.45. The molecule has 4 heteroatoms. The number of hydrogen-bond acceptors (Lipinski definition) is 3. The molecule has 0 atom stereocenters. The van der Waals surface area contributed by atoms with Gasteiger partial charge in [0.2, 0.25) is 0 Å². The summed E-state index contributed by atoms with van der Waals surface area (Å²) in [6.45, 7) is 6.24. The lowest BCUT2D eigenvalue weighted by Gasteiger charge is -2.38. The van der Waals surface area contributed by atoms with Crippen LogP contribution in [-0.4, -0.2) is 51.6 Å². The fourth-order valence-corrected chi connectivity index (χ4v) is 4.25. The molecule has 3 aliphatic rings. The second-order valence-electron chi connectivity index (χ2n) is 7.44. The molecule has 4 nitrogen and oxygen atoms in total. The predicted molar refractivity (Wildman–Crippen MR) is 88.8 cm³/mol. The Hall–Kier alpha value is -0.870. The minimum absolute atomic E-state index is 0.757. The smallest absolute Gasteiger partial charge is 0.123 e. The molecule has 1 aliphatic carbocycles. The average Bonchev–Trinajstić information content (AvgIpc) is 3.34. The van der Waals surface area contributed by atoms with Crippen LogP contribution in [0.3, 0.4) is 0 Å². The van der Waals surface area contributed by atoms with Crippen molar-refractivity contribution in [3.63, 3.8) is 0 Å². The van der Waals surface area contributed by atoms with Crippen molar-refractivity contribution in [2.45, 2.75) is 70.0 Å². The van der Waals surface area contributed by atoms with Crippen LogP contribution in [0.15, 0.2) is 12.4 Å². The Kier molecular flexibility index (Phi) is 4.49. The van der Waals surface area contributed by atoms with Crippen molar-refractivity contribution in [2.75, 3.05) is 26.2 Å². The Morgan fingerprint density at radius 2 is 1.59 bits per heavy atom. The zero-order valence-electron chi connectivity index (χ0n) is 13.8. The molecule has 0 spiro atoms. The van der Waals surface area contributed by atoms with Gasteiger partial charge in [-0.2, -0.15) is 0 Å². The van der Waals surface area contributed by atoms with Gasteiger partial charge in [-0.25, -0.2) is 4.98 Å². The van der Waals surface area contributed by atoms with Crippen LogP contribution < -0.4 is 0 Å². The number of aromatic nitrogens is 2. The van der Waals surface area contributed by atoms with Gasteiger partial charge in [-0.15, -0.1) is 0 Å². The first-order chi connectivity index (χ1) is 10.9. The van der Waals surface area contributed by atoms with E-state index in [4.69, 9.17) is 0 Å². The van der Waals surface area contributed by atoms with Gasteiger partial charge in [0.25, 0.3) is 0 Å². The highest BCUT2D eigenvalue weighted by molar-refractivity contribution is 5.00. The largest absolute Gasteiger partial charge is 0.331 e. The maximum absolute atomic E-state index is 4.60. The Morgan fingerprint density at radius 1 is 0.864 bits per heavy atom. The highest BCUT2D eigenvalue weighted by Gasteiger charge is 2.28. The maximum Gasteiger partial charge on any atom is 0.123 e. The number of likely N-dealkylation sites (tertiary alicyclic amines) is 2. The molecule has 0 amide bonds. The van der Waals surface area contributed by atoms with Gasteiger partial charge in [0.15, 0.2) is 0 Å². The van der Waals surface area contributed by atoms with E-state index in [-0.39, 0.29) is 0 Å². The first kappa shape index (κ1) is 14.7. The fraction of sp³-hybridized carbons (Fsp3) is 0.833. The van der Waals surface area contributed by atoms with Gasteiger partial charge in [0, 0.05) is 37.6 Å². The summed E-state index contributed by atoms with van der Waals surface area (Å²) in [5, 5.41) is 0. The molecular weight excluding hydrogens is 272 g/mol. The molecule has 1 saturated carbocycles. The topological polar surface area (TPSA) is 24.3 Å². The van der Waals surface area contributed by atoms with Gasteiger partial charge in [-0.3, -0.25) is 4.90 Å². The van der Waals surface area contributed by atoms with Crippen molar-refractivity contribution in [1.82, 2.24) is 19.4 Å². The van der Waals surface area contributed by atoms with Gasteiger partial charge in [-0.05, 0) is 51.6 Å². The predicted octanol–water partition coefficient (Wildman–Crippen LogP) is 3.06. The zero-order chi connectivity index (χ0) is 14.8. The average molecular weight is 302 g/mol. The SMILES string of the molecule is c1cn(C2CC2)c(CN2CCC(N3CCCCCC3)CC2)n1. The third kappa shape index (κ3) is 3.38. The van der Waals surface area contributed by atoms with Crippen molar-refractivity contribution in [3.05, 3.63) is 18.2 Å². The summed E-state index contributed by atoms with van der Waals surface area (Å²) in [6, 6.07) is 1.60. The van der Waals surface area contributed by atoms with Gasteiger partial charge in [0.05, 0.1) is 6.54 Å². The Labute approximate surface area is 134 Å². The molecule has 2 aliphatic heterocycles. The molecule has 122 valence electrons. The van der Waals surface area contributed by atoms with E-state index in [9.17, 15) is 0 Å². The molecule has 0 bridgehead atoms. The van der Waals surface area contributed by atoms with Gasteiger partial charge in [-0.1, -0.05) is 12.8 Å². The molecule has 3 fully saturated rings. The van der Waals surface area contributed by atoms with Crippen molar-refractivity contribution >= 4 is 0 Å². The molecule has 1 aromatic heterocycles. The summed E-state index contributed by atoms with van der Waals surface area (Å²) in [4.78, 5) is 10.0. The Morgan fingerprint density at radius 3 is 2.27 bits per heavy atom. The summed E-state index contributed by atoms with van der Waals surface area (Å²) < 4.78 is 2.42. The van der Waals surface area contributed by atoms with Crippen molar-refractivity contribution < 1.29 is 0 Å². The Balaban J connectivity index is 1.29. The van der Waals surface area contributed by atoms with Gasteiger partial charge in [0.1, 0.15) is 5.82 Å². The fourth-order valence-electron chi connectivity index (χ4n) is 4.25. The normalized spacial score (nSPS) is 26.2.